The number of rotatable bonds is 4. The Balaban J connectivity index is 2.02. The molecule has 1 heterocycles. The molecular formula is C13H18N2O3. The summed E-state index contributed by atoms with van der Waals surface area (Å²) in [6, 6.07) is 3.17. The first-order valence-corrected chi connectivity index (χ1v) is 6.17. The summed E-state index contributed by atoms with van der Waals surface area (Å²) in [5.41, 5.74) is 0.0483. The maximum atomic E-state index is 10.9. The zero-order valence-corrected chi connectivity index (χ0v) is 10.4. The summed E-state index contributed by atoms with van der Waals surface area (Å²) < 4.78 is 0. The number of nitrogens with one attached hydrogen (secondary N) is 1. The molecule has 1 fully saturated rings. The summed E-state index contributed by atoms with van der Waals surface area (Å²) in [5, 5.41) is 22.2. The van der Waals surface area contributed by atoms with Gasteiger partial charge in [-0.2, -0.15) is 0 Å². The van der Waals surface area contributed by atoms with Gasteiger partial charge in [0.15, 0.2) is 0 Å². The van der Waals surface area contributed by atoms with Crippen LogP contribution in [0.3, 0.4) is 0 Å². The molecule has 0 aromatic carbocycles. The van der Waals surface area contributed by atoms with E-state index < -0.39 is 11.6 Å². The zero-order chi connectivity index (χ0) is 13.2. The van der Waals surface area contributed by atoms with E-state index in [0.29, 0.717) is 18.1 Å². The van der Waals surface area contributed by atoms with Crippen molar-refractivity contribution in [3.63, 3.8) is 0 Å². The molecule has 2 rings (SSSR count). The number of pyridine rings is 1. The number of aryl methyl sites for hydroxylation is 1. The summed E-state index contributed by atoms with van der Waals surface area (Å²) in [4.78, 5) is 15.0. The number of aromatic nitrogens is 1. The van der Waals surface area contributed by atoms with Gasteiger partial charge in [0, 0.05) is 6.54 Å². The second-order valence-electron chi connectivity index (χ2n) is 4.92. The lowest BCUT2D eigenvalue weighted by Crippen LogP contribution is -2.33. The number of carbonyl (C=O) groups is 1. The summed E-state index contributed by atoms with van der Waals surface area (Å²) in [5.74, 6) is -0.362. The fourth-order valence-corrected chi connectivity index (χ4v) is 2.35. The van der Waals surface area contributed by atoms with Gasteiger partial charge in [0.1, 0.15) is 5.82 Å². The van der Waals surface area contributed by atoms with Crippen LogP contribution >= 0.6 is 0 Å². The lowest BCUT2D eigenvalue weighted by atomic mass is 10.0. The second-order valence-corrected chi connectivity index (χ2v) is 4.92. The number of nitrogens with zero attached hydrogens (tertiary/aromatic N) is 1. The molecule has 0 amide bonds. The molecule has 3 N–H and O–H groups in total. The minimum Gasteiger partial charge on any atom is -0.478 e. The third-order valence-electron chi connectivity index (χ3n) is 3.45. The highest BCUT2D eigenvalue weighted by Gasteiger charge is 2.30. The van der Waals surface area contributed by atoms with E-state index in [4.69, 9.17) is 5.11 Å². The fourth-order valence-electron chi connectivity index (χ4n) is 2.35. The van der Waals surface area contributed by atoms with Gasteiger partial charge in [-0.3, -0.25) is 0 Å². The quantitative estimate of drug-likeness (QED) is 0.759. The van der Waals surface area contributed by atoms with E-state index in [1.165, 1.54) is 6.07 Å². The predicted octanol–water partition coefficient (Wildman–Crippen LogP) is 1.81. The minimum absolute atomic E-state index is 0.208. The van der Waals surface area contributed by atoms with Crippen LogP contribution in [0.2, 0.25) is 0 Å². The second kappa shape index (κ2) is 4.94. The van der Waals surface area contributed by atoms with Crippen LogP contribution in [-0.4, -0.2) is 33.3 Å². The van der Waals surface area contributed by atoms with E-state index in [2.05, 4.69) is 10.3 Å². The molecular weight excluding hydrogens is 232 g/mol. The Kier molecular flexibility index (Phi) is 3.52. The van der Waals surface area contributed by atoms with Crippen molar-refractivity contribution in [1.29, 1.82) is 0 Å². The third kappa shape index (κ3) is 2.79. The van der Waals surface area contributed by atoms with Gasteiger partial charge in [-0.05, 0) is 31.9 Å². The number of aliphatic hydroxyl groups is 1. The van der Waals surface area contributed by atoms with Gasteiger partial charge in [-0.25, -0.2) is 9.78 Å². The third-order valence-corrected chi connectivity index (χ3v) is 3.45. The predicted molar refractivity (Wildman–Crippen MR) is 67.8 cm³/mol. The standard InChI is InChI=1S/C13H18N2O3/c1-9-10(12(16)17)4-5-11(15-9)14-8-13(18)6-2-3-7-13/h4-5,18H,2-3,6-8H2,1H3,(H,14,15)(H,16,17). The highest BCUT2D eigenvalue weighted by Crippen LogP contribution is 2.29. The van der Waals surface area contributed by atoms with Crippen LogP contribution in [0.1, 0.15) is 41.7 Å². The summed E-state index contributed by atoms with van der Waals surface area (Å²) >= 11 is 0. The highest BCUT2D eigenvalue weighted by molar-refractivity contribution is 5.89. The molecule has 1 aliphatic carbocycles. The van der Waals surface area contributed by atoms with Gasteiger partial charge >= 0.3 is 5.97 Å². The first-order chi connectivity index (χ1) is 8.50. The Labute approximate surface area is 106 Å². The number of carboxylic acid groups (broad SMARTS) is 1. The van der Waals surface area contributed by atoms with E-state index in [1.54, 1.807) is 13.0 Å². The first kappa shape index (κ1) is 12.8. The van der Waals surface area contributed by atoms with E-state index >= 15 is 0 Å². The average molecular weight is 250 g/mol. The van der Waals surface area contributed by atoms with E-state index in [0.717, 1.165) is 25.7 Å². The Morgan fingerprint density at radius 2 is 2.11 bits per heavy atom. The molecule has 1 aromatic heterocycles. The van der Waals surface area contributed by atoms with E-state index in [1.807, 2.05) is 0 Å². The lowest BCUT2D eigenvalue weighted by Gasteiger charge is -2.22. The lowest BCUT2D eigenvalue weighted by molar-refractivity contribution is 0.0613. The van der Waals surface area contributed by atoms with Crippen molar-refractivity contribution in [1.82, 2.24) is 4.98 Å². The molecule has 0 bridgehead atoms. The molecule has 5 nitrogen and oxygen atoms in total. The molecule has 1 saturated carbocycles. The molecule has 0 spiro atoms. The summed E-state index contributed by atoms with van der Waals surface area (Å²) in [7, 11) is 0. The summed E-state index contributed by atoms with van der Waals surface area (Å²) in [6.07, 6.45) is 3.74. The van der Waals surface area contributed by atoms with Crippen molar-refractivity contribution in [3.8, 4) is 0 Å². The number of carboxylic acids is 1. The van der Waals surface area contributed by atoms with Crippen LogP contribution in [0.5, 0.6) is 0 Å². The zero-order valence-electron chi connectivity index (χ0n) is 10.4. The number of hydrogen-bond donors (Lipinski definition) is 3. The minimum atomic E-state index is -0.971. The van der Waals surface area contributed by atoms with E-state index in [-0.39, 0.29) is 5.56 Å². The molecule has 0 atom stereocenters. The van der Waals surface area contributed by atoms with Gasteiger partial charge in [-0.1, -0.05) is 12.8 Å². The molecule has 0 saturated heterocycles. The van der Waals surface area contributed by atoms with Gasteiger partial charge < -0.3 is 15.5 Å². The molecule has 98 valence electrons. The smallest absolute Gasteiger partial charge is 0.337 e. The number of anilines is 1. The van der Waals surface area contributed by atoms with Crippen LogP contribution in [0, 0.1) is 6.92 Å². The molecule has 1 aliphatic rings. The SMILES string of the molecule is Cc1nc(NCC2(O)CCCC2)ccc1C(=O)O. The molecule has 1 aromatic rings. The van der Waals surface area contributed by atoms with Gasteiger partial charge in [-0.15, -0.1) is 0 Å². The monoisotopic (exact) mass is 250 g/mol. The maximum Gasteiger partial charge on any atom is 0.337 e. The first-order valence-electron chi connectivity index (χ1n) is 6.17. The van der Waals surface area contributed by atoms with Crippen molar-refractivity contribution < 1.29 is 15.0 Å². The molecule has 5 heteroatoms. The Bertz CT molecular complexity index is 454. The molecule has 0 radical (unpaired) electrons. The normalized spacial score (nSPS) is 17.7. The Hall–Kier alpha value is -1.62. The van der Waals surface area contributed by atoms with Gasteiger partial charge in [0.25, 0.3) is 0 Å². The topological polar surface area (TPSA) is 82.5 Å². The molecule has 18 heavy (non-hydrogen) atoms. The summed E-state index contributed by atoms with van der Waals surface area (Å²) in [6.45, 7) is 2.13. The van der Waals surface area contributed by atoms with Crippen molar-refractivity contribution in [3.05, 3.63) is 23.4 Å². The van der Waals surface area contributed by atoms with Crippen LogP contribution in [0.4, 0.5) is 5.82 Å². The van der Waals surface area contributed by atoms with Crippen LogP contribution in [0.15, 0.2) is 12.1 Å². The molecule has 0 unspecified atom stereocenters. The van der Waals surface area contributed by atoms with Crippen molar-refractivity contribution in [2.24, 2.45) is 0 Å². The van der Waals surface area contributed by atoms with Crippen LogP contribution in [-0.2, 0) is 0 Å². The van der Waals surface area contributed by atoms with Gasteiger partial charge in [0.05, 0.1) is 16.9 Å². The van der Waals surface area contributed by atoms with Crippen molar-refractivity contribution >= 4 is 11.8 Å². The largest absolute Gasteiger partial charge is 0.478 e. The van der Waals surface area contributed by atoms with Crippen molar-refractivity contribution in [2.45, 2.75) is 38.2 Å². The maximum absolute atomic E-state index is 10.9. The number of aromatic carboxylic acids is 1. The fraction of sp³-hybridized carbons (Fsp3) is 0.538. The highest BCUT2D eigenvalue weighted by atomic mass is 16.4. The van der Waals surface area contributed by atoms with Gasteiger partial charge in [0.2, 0.25) is 0 Å². The molecule has 0 aliphatic heterocycles. The Morgan fingerprint density at radius 3 is 2.67 bits per heavy atom. The van der Waals surface area contributed by atoms with Crippen molar-refractivity contribution in [2.75, 3.05) is 11.9 Å². The average Bonchev–Trinajstić information content (AvgIpc) is 2.74. The van der Waals surface area contributed by atoms with E-state index in [9.17, 15) is 9.90 Å². The van der Waals surface area contributed by atoms with Crippen LogP contribution < -0.4 is 5.32 Å². The van der Waals surface area contributed by atoms with Crippen LogP contribution in [0.25, 0.3) is 0 Å². The number of hydrogen-bond acceptors (Lipinski definition) is 4. The Morgan fingerprint density at radius 1 is 1.44 bits per heavy atom.